The van der Waals surface area contributed by atoms with Crippen LogP contribution in [-0.4, -0.2) is 62.0 Å². The number of ether oxygens (including phenoxy) is 1. The van der Waals surface area contributed by atoms with Crippen LogP contribution in [0, 0.1) is 0 Å². The van der Waals surface area contributed by atoms with Gasteiger partial charge in [0.05, 0.1) is 12.0 Å². The van der Waals surface area contributed by atoms with E-state index in [2.05, 4.69) is 5.16 Å². The van der Waals surface area contributed by atoms with Crippen molar-refractivity contribution in [3.8, 4) is 5.75 Å². The van der Waals surface area contributed by atoms with E-state index in [4.69, 9.17) is 20.8 Å². The van der Waals surface area contributed by atoms with Gasteiger partial charge in [-0.15, -0.1) is 0 Å². The average molecular weight is 478 g/mol. The van der Waals surface area contributed by atoms with E-state index in [1.165, 1.54) is 46.6 Å². The molecule has 11 heteroatoms. The first-order valence-corrected chi connectivity index (χ1v) is 11.5. The molecule has 168 valence electrons. The number of benzene rings is 2. The number of piperazine rings is 1. The first-order chi connectivity index (χ1) is 15.3. The zero-order valence-electron chi connectivity index (χ0n) is 17.1. The molecular formula is C21H20ClN3O6S. The largest absolute Gasteiger partial charge is 0.497 e. The molecule has 0 unspecified atom stereocenters. The molecule has 4 rings (SSSR count). The highest BCUT2D eigenvalue weighted by atomic mass is 35.5. The van der Waals surface area contributed by atoms with Gasteiger partial charge < -0.3 is 19.3 Å². The maximum atomic E-state index is 13.0. The van der Waals surface area contributed by atoms with E-state index < -0.39 is 15.9 Å². The predicted octanol–water partition coefficient (Wildman–Crippen LogP) is 2.53. The third-order valence-corrected chi connectivity index (χ3v) is 7.41. The van der Waals surface area contributed by atoms with Gasteiger partial charge in [0.1, 0.15) is 16.7 Å². The second kappa shape index (κ2) is 8.81. The van der Waals surface area contributed by atoms with Crippen molar-refractivity contribution in [3.63, 3.8) is 0 Å². The molecule has 0 radical (unpaired) electrons. The van der Waals surface area contributed by atoms with E-state index >= 15 is 0 Å². The maximum absolute atomic E-state index is 13.0. The van der Waals surface area contributed by atoms with E-state index in [0.717, 1.165) is 0 Å². The van der Waals surface area contributed by atoms with Crippen LogP contribution >= 0.6 is 11.6 Å². The average Bonchev–Trinajstić information content (AvgIpc) is 2.82. The Hall–Kier alpha value is -3.08. The van der Waals surface area contributed by atoms with E-state index in [-0.39, 0.29) is 42.2 Å². The summed E-state index contributed by atoms with van der Waals surface area (Å²) >= 11 is 5.84. The standard InChI is InChI=1S/C21H20ClN3O6S/c1-30-15-4-7-17-18(23-27)13-20(31-19(17)12-15)21(26)24-8-10-25(11-9-24)32(28,29)16-5-2-14(22)3-6-16/h2-7,12-13,27H,8-11H2,1H3/b23-18+. The first kappa shape index (κ1) is 22.1. The molecule has 1 saturated heterocycles. The Morgan fingerprint density at radius 2 is 1.78 bits per heavy atom. The van der Waals surface area contributed by atoms with Crippen LogP contribution in [0.25, 0.3) is 11.0 Å². The Morgan fingerprint density at radius 3 is 2.41 bits per heavy atom. The lowest BCUT2D eigenvalue weighted by molar-refractivity contribution is 0.0666. The number of rotatable bonds is 4. The Morgan fingerprint density at radius 1 is 1.09 bits per heavy atom. The minimum absolute atomic E-state index is 0.0208. The van der Waals surface area contributed by atoms with E-state index in [0.29, 0.717) is 21.7 Å². The smallest absolute Gasteiger partial charge is 0.289 e. The predicted molar refractivity (Wildman–Crippen MR) is 116 cm³/mol. The van der Waals surface area contributed by atoms with Crippen molar-refractivity contribution < 1.29 is 27.6 Å². The number of fused-ring (bicyclic) bond motifs is 1. The summed E-state index contributed by atoms with van der Waals surface area (Å²) in [5.74, 6) is 0.0754. The summed E-state index contributed by atoms with van der Waals surface area (Å²) < 4.78 is 37.9. The van der Waals surface area contributed by atoms with Crippen LogP contribution in [-0.2, 0) is 10.0 Å². The topological polar surface area (TPSA) is 113 Å². The molecule has 0 atom stereocenters. The van der Waals surface area contributed by atoms with Crippen molar-refractivity contribution in [1.29, 1.82) is 0 Å². The van der Waals surface area contributed by atoms with Crippen LogP contribution in [0.4, 0.5) is 0 Å². The van der Waals surface area contributed by atoms with Gasteiger partial charge in [-0.05, 0) is 36.4 Å². The fourth-order valence-corrected chi connectivity index (χ4v) is 5.05. The number of amides is 1. The Kier molecular flexibility index (Phi) is 6.09. The SMILES string of the molecule is COc1ccc2/c(=N/O)cc(C(=O)N3CCN(S(=O)(=O)c4ccc(Cl)cc4)CC3)oc2c1. The highest BCUT2D eigenvalue weighted by molar-refractivity contribution is 7.89. The molecule has 1 aromatic heterocycles. The molecule has 0 aliphatic carbocycles. The van der Waals surface area contributed by atoms with Gasteiger partial charge in [-0.2, -0.15) is 4.31 Å². The molecule has 0 spiro atoms. The minimum Gasteiger partial charge on any atom is -0.497 e. The van der Waals surface area contributed by atoms with Crippen LogP contribution in [0.1, 0.15) is 10.6 Å². The van der Waals surface area contributed by atoms with Crippen molar-refractivity contribution in [2.24, 2.45) is 5.16 Å². The number of methoxy groups -OCH3 is 1. The van der Waals surface area contributed by atoms with E-state index in [9.17, 15) is 18.4 Å². The third-order valence-electron chi connectivity index (χ3n) is 5.25. The lowest BCUT2D eigenvalue weighted by atomic mass is 10.2. The Balaban J connectivity index is 1.54. The first-order valence-electron chi connectivity index (χ1n) is 9.68. The molecular weight excluding hydrogens is 458 g/mol. The summed E-state index contributed by atoms with van der Waals surface area (Å²) in [4.78, 5) is 14.7. The van der Waals surface area contributed by atoms with Gasteiger partial charge in [-0.3, -0.25) is 4.79 Å². The lowest BCUT2D eigenvalue weighted by Crippen LogP contribution is -2.50. The summed E-state index contributed by atoms with van der Waals surface area (Å²) in [5, 5.41) is 13.8. The van der Waals surface area contributed by atoms with Gasteiger partial charge in [-0.25, -0.2) is 8.42 Å². The van der Waals surface area contributed by atoms with Crippen LogP contribution in [0.2, 0.25) is 5.02 Å². The highest BCUT2D eigenvalue weighted by Gasteiger charge is 2.31. The number of carbonyl (C=O) groups is 1. The van der Waals surface area contributed by atoms with Gasteiger partial charge >= 0.3 is 0 Å². The summed E-state index contributed by atoms with van der Waals surface area (Å²) in [6.45, 7) is 0.635. The van der Waals surface area contributed by atoms with Crippen LogP contribution < -0.4 is 10.1 Å². The zero-order valence-corrected chi connectivity index (χ0v) is 18.6. The molecule has 9 nitrogen and oxygen atoms in total. The van der Waals surface area contributed by atoms with Gasteiger partial charge in [-0.1, -0.05) is 16.8 Å². The van der Waals surface area contributed by atoms with Crippen LogP contribution in [0.15, 0.2) is 63.0 Å². The molecule has 0 bridgehead atoms. The monoisotopic (exact) mass is 477 g/mol. The van der Waals surface area contributed by atoms with E-state index in [1.54, 1.807) is 18.2 Å². The quantitative estimate of drug-likeness (QED) is 0.456. The number of hydrogen-bond acceptors (Lipinski definition) is 7. The lowest BCUT2D eigenvalue weighted by Gasteiger charge is -2.33. The van der Waals surface area contributed by atoms with Crippen molar-refractivity contribution in [2.45, 2.75) is 4.90 Å². The summed E-state index contributed by atoms with van der Waals surface area (Å²) in [6.07, 6.45) is 0. The number of nitrogens with zero attached hydrogens (tertiary/aromatic N) is 3. The number of carbonyl (C=O) groups excluding carboxylic acids is 1. The van der Waals surface area contributed by atoms with Gasteiger partial charge in [0.15, 0.2) is 5.76 Å². The second-order valence-electron chi connectivity index (χ2n) is 7.11. The molecule has 32 heavy (non-hydrogen) atoms. The van der Waals surface area contributed by atoms with Crippen molar-refractivity contribution in [2.75, 3.05) is 33.3 Å². The fourth-order valence-electron chi connectivity index (χ4n) is 3.51. The molecule has 2 heterocycles. The Labute approximate surface area is 189 Å². The van der Waals surface area contributed by atoms with Gasteiger partial charge in [0, 0.05) is 48.7 Å². The van der Waals surface area contributed by atoms with Gasteiger partial charge in [0.25, 0.3) is 5.91 Å². The number of hydrogen-bond donors (Lipinski definition) is 1. The summed E-state index contributed by atoms with van der Waals surface area (Å²) in [5.41, 5.74) is 0.326. The number of halogens is 1. The zero-order chi connectivity index (χ0) is 22.9. The Bertz CT molecular complexity index is 1330. The van der Waals surface area contributed by atoms with Crippen LogP contribution in [0.3, 0.4) is 0 Å². The van der Waals surface area contributed by atoms with Crippen molar-refractivity contribution in [3.05, 3.63) is 64.7 Å². The van der Waals surface area contributed by atoms with Crippen LogP contribution in [0.5, 0.6) is 5.75 Å². The van der Waals surface area contributed by atoms with Crippen molar-refractivity contribution in [1.82, 2.24) is 9.21 Å². The third kappa shape index (κ3) is 4.16. The maximum Gasteiger partial charge on any atom is 0.289 e. The van der Waals surface area contributed by atoms with E-state index in [1.807, 2.05) is 0 Å². The molecule has 1 N–H and O–H groups in total. The molecule has 1 aliphatic heterocycles. The second-order valence-corrected chi connectivity index (χ2v) is 9.48. The summed E-state index contributed by atoms with van der Waals surface area (Å²) in [7, 11) is -2.18. The highest BCUT2D eigenvalue weighted by Crippen LogP contribution is 2.22. The molecule has 3 aromatic rings. The fraction of sp³-hybridized carbons (Fsp3) is 0.238. The molecule has 1 fully saturated rings. The summed E-state index contributed by atoms with van der Waals surface area (Å²) in [6, 6.07) is 12.3. The normalized spacial score (nSPS) is 15.8. The number of sulfonamides is 1. The van der Waals surface area contributed by atoms with Gasteiger partial charge in [0.2, 0.25) is 10.0 Å². The molecule has 0 saturated carbocycles. The van der Waals surface area contributed by atoms with Crippen molar-refractivity contribution >= 4 is 38.5 Å². The molecule has 2 aromatic carbocycles. The molecule has 1 amide bonds. The minimum atomic E-state index is -3.69. The molecule has 1 aliphatic rings.